The van der Waals surface area contributed by atoms with Crippen molar-refractivity contribution in [3.8, 4) is 5.69 Å². The molecule has 33 heavy (non-hydrogen) atoms. The van der Waals surface area contributed by atoms with Crippen molar-refractivity contribution in [1.29, 1.82) is 0 Å². The van der Waals surface area contributed by atoms with Crippen LogP contribution in [0.3, 0.4) is 0 Å². The lowest BCUT2D eigenvalue weighted by molar-refractivity contribution is -0.117. The molecule has 0 fully saturated rings. The number of nitrogens with zero attached hydrogens (tertiary/aromatic N) is 2. The van der Waals surface area contributed by atoms with Gasteiger partial charge in [-0.2, -0.15) is 0 Å². The lowest BCUT2D eigenvalue weighted by atomic mass is 10.1. The number of rotatable bonds is 6. The first-order valence-corrected chi connectivity index (χ1v) is 10.9. The Bertz CT molecular complexity index is 1400. The van der Waals surface area contributed by atoms with Crippen LogP contribution in [0.1, 0.15) is 24.5 Å². The minimum absolute atomic E-state index is 0.0540. The summed E-state index contributed by atoms with van der Waals surface area (Å²) in [6, 6.07) is 20.2. The van der Waals surface area contributed by atoms with Crippen molar-refractivity contribution in [2.45, 2.75) is 33.7 Å². The molecule has 0 aliphatic heterocycles. The summed E-state index contributed by atoms with van der Waals surface area (Å²) >= 11 is 0. The summed E-state index contributed by atoms with van der Waals surface area (Å²) in [4.78, 5) is 38.2. The minimum Gasteiger partial charge on any atom is -0.326 e. The van der Waals surface area contributed by atoms with E-state index in [2.05, 4.69) is 10.6 Å². The molecule has 0 saturated carbocycles. The number of amides is 2. The average Bonchev–Trinajstić information content (AvgIpc) is 3.07. The van der Waals surface area contributed by atoms with Crippen molar-refractivity contribution in [3.05, 3.63) is 88.2 Å². The summed E-state index contributed by atoms with van der Waals surface area (Å²) in [7, 11) is 0. The average molecular weight is 443 g/mol. The standard InChI is InChI=1S/C26H26N4O3/c1-4-24(31)27-19-11-13-23-21(15-19)26(33)30(20-8-6-5-7-9-20)29(23)16-25(32)28-22-12-10-17(2)14-18(22)3/h5-15H,4,16H2,1-3H3,(H,27,31)(H,28,32). The predicted molar refractivity (Wildman–Crippen MR) is 131 cm³/mol. The molecule has 0 radical (unpaired) electrons. The van der Waals surface area contributed by atoms with Gasteiger partial charge in [0.05, 0.1) is 16.6 Å². The van der Waals surface area contributed by atoms with Gasteiger partial charge in [0.15, 0.2) is 0 Å². The highest BCUT2D eigenvalue weighted by Crippen LogP contribution is 2.21. The van der Waals surface area contributed by atoms with Gasteiger partial charge in [-0.3, -0.25) is 19.1 Å². The Morgan fingerprint density at radius 1 is 0.879 bits per heavy atom. The first-order chi connectivity index (χ1) is 15.9. The minimum atomic E-state index is -0.261. The van der Waals surface area contributed by atoms with E-state index in [9.17, 15) is 14.4 Å². The van der Waals surface area contributed by atoms with E-state index >= 15 is 0 Å². The van der Waals surface area contributed by atoms with Crippen LogP contribution in [0.4, 0.5) is 11.4 Å². The zero-order valence-electron chi connectivity index (χ0n) is 18.9. The van der Waals surface area contributed by atoms with Crippen LogP contribution < -0.4 is 16.2 Å². The number of hydrogen-bond donors (Lipinski definition) is 2. The zero-order valence-corrected chi connectivity index (χ0v) is 18.9. The molecule has 0 spiro atoms. The Morgan fingerprint density at radius 3 is 2.33 bits per heavy atom. The van der Waals surface area contributed by atoms with E-state index in [0.717, 1.165) is 16.8 Å². The van der Waals surface area contributed by atoms with E-state index in [1.807, 2.05) is 62.4 Å². The Labute approximate surface area is 191 Å². The Balaban J connectivity index is 1.77. The SMILES string of the molecule is CCC(=O)Nc1ccc2c(c1)c(=O)n(-c1ccccc1)n2CC(=O)Nc1ccc(C)cc1C. The maximum absolute atomic E-state index is 13.4. The van der Waals surface area contributed by atoms with Crippen molar-refractivity contribution in [2.75, 3.05) is 10.6 Å². The molecule has 7 nitrogen and oxygen atoms in total. The molecule has 2 N–H and O–H groups in total. The van der Waals surface area contributed by atoms with Crippen molar-refractivity contribution in [2.24, 2.45) is 0 Å². The highest BCUT2D eigenvalue weighted by atomic mass is 16.2. The van der Waals surface area contributed by atoms with Crippen molar-refractivity contribution >= 4 is 34.1 Å². The molecule has 168 valence electrons. The number of nitrogens with one attached hydrogen (secondary N) is 2. The molecular weight excluding hydrogens is 416 g/mol. The number of carbonyl (C=O) groups excluding carboxylic acids is 2. The second-order valence-electron chi connectivity index (χ2n) is 8.01. The third-order valence-corrected chi connectivity index (χ3v) is 5.49. The second kappa shape index (κ2) is 9.16. The molecule has 0 aliphatic rings. The molecule has 1 heterocycles. The highest BCUT2D eigenvalue weighted by molar-refractivity contribution is 5.95. The summed E-state index contributed by atoms with van der Waals surface area (Å²) in [5.74, 6) is -0.378. The summed E-state index contributed by atoms with van der Waals surface area (Å²) in [6.45, 7) is 5.66. The maximum atomic E-state index is 13.4. The number of carbonyl (C=O) groups is 2. The van der Waals surface area contributed by atoms with Gasteiger partial charge in [-0.05, 0) is 55.8 Å². The number of hydrogen-bond acceptors (Lipinski definition) is 3. The van der Waals surface area contributed by atoms with Crippen LogP contribution >= 0.6 is 0 Å². The van der Waals surface area contributed by atoms with Gasteiger partial charge in [0.1, 0.15) is 6.54 Å². The van der Waals surface area contributed by atoms with Crippen LogP contribution in [0.15, 0.2) is 71.5 Å². The molecule has 4 rings (SSSR count). The quantitative estimate of drug-likeness (QED) is 0.464. The third kappa shape index (κ3) is 4.57. The van der Waals surface area contributed by atoms with Crippen LogP contribution in [-0.4, -0.2) is 21.2 Å². The molecule has 0 aliphatic carbocycles. The Kier molecular flexibility index (Phi) is 6.13. The van der Waals surface area contributed by atoms with E-state index in [0.29, 0.717) is 28.7 Å². The van der Waals surface area contributed by atoms with Gasteiger partial charge in [0, 0.05) is 17.8 Å². The van der Waals surface area contributed by atoms with Crippen molar-refractivity contribution in [3.63, 3.8) is 0 Å². The molecule has 4 aromatic rings. The van der Waals surface area contributed by atoms with Crippen molar-refractivity contribution < 1.29 is 9.59 Å². The fraction of sp³-hybridized carbons (Fsp3) is 0.192. The highest BCUT2D eigenvalue weighted by Gasteiger charge is 2.18. The number of benzene rings is 3. The van der Waals surface area contributed by atoms with Gasteiger partial charge >= 0.3 is 0 Å². The Morgan fingerprint density at radius 2 is 1.64 bits per heavy atom. The molecule has 2 amide bonds. The van der Waals surface area contributed by atoms with Crippen LogP contribution in [0.5, 0.6) is 0 Å². The van der Waals surface area contributed by atoms with E-state index in [4.69, 9.17) is 0 Å². The van der Waals surface area contributed by atoms with Gasteiger partial charge in [0.2, 0.25) is 11.8 Å². The number of aromatic nitrogens is 2. The fourth-order valence-corrected chi connectivity index (χ4v) is 3.85. The van der Waals surface area contributed by atoms with Crippen LogP contribution in [0.25, 0.3) is 16.6 Å². The summed E-state index contributed by atoms with van der Waals surface area (Å²) in [6.07, 6.45) is 0.339. The molecule has 1 aromatic heterocycles. The molecule has 0 unspecified atom stereocenters. The molecule has 0 bridgehead atoms. The summed E-state index contributed by atoms with van der Waals surface area (Å²) < 4.78 is 3.16. The van der Waals surface area contributed by atoms with E-state index < -0.39 is 0 Å². The van der Waals surface area contributed by atoms with E-state index in [-0.39, 0.29) is 23.9 Å². The number of anilines is 2. The number of fused-ring (bicyclic) bond motifs is 1. The molecule has 0 atom stereocenters. The van der Waals surface area contributed by atoms with Gasteiger partial charge in [-0.15, -0.1) is 0 Å². The maximum Gasteiger partial charge on any atom is 0.279 e. The number of aryl methyl sites for hydroxylation is 2. The van der Waals surface area contributed by atoms with Gasteiger partial charge in [-0.25, -0.2) is 4.68 Å². The summed E-state index contributed by atoms with van der Waals surface area (Å²) in [5.41, 5.74) is 4.36. The molecule has 3 aromatic carbocycles. The van der Waals surface area contributed by atoms with Crippen LogP contribution in [-0.2, 0) is 16.1 Å². The van der Waals surface area contributed by atoms with E-state index in [1.54, 1.807) is 29.8 Å². The van der Waals surface area contributed by atoms with E-state index in [1.165, 1.54) is 4.68 Å². The first-order valence-electron chi connectivity index (χ1n) is 10.9. The Hall–Kier alpha value is -4.13. The monoisotopic (exact) mass is 442 g/mol. The van der Waals surface area contributed by atoms with Crippen LogP contribution in [0, 0.1) is 13.8 Å². The smallest absolute Gasteiger partial charge is 0.279 e. The molecule has 7 heteroatoms. The topological polar surface area (TPSA) is 85.1 Å². The molecular formula is C26H26N4O3. The van der Waals surface area contributed by atoms with Gasteiger partial charge in [0.25, 0.3) is 5.56 Å². The number of para-hydroxylation sites is 1. The summed E-state index contributed by atoms with van der Waals surface area (Å²) in [5, 5.41) is 6.16. The van der Waals surface area contributed by atoms with Crippen molar-refractivity contribution in [1.82, 2.24) is 9.36 Å². The van der Waals surface area contributed by atoms with Gasteiger partial charge < -0.3 is 10.6 Å². The normalized spacial score (nSPS) is 10.9. The first kappa shape index (κ1) is 22.1. The van der Waals surface area contributed by atoms with Gasteiger partial charge in [-0.1, -0.05) is 42.8 Å². The fourth-order valence-electron chi connectivity index (χ4n) is 3.85. The predicted octanol–water partition coefficient (Wildman–Crippen LogP) is 4.40. The lowest BCUT2D eigenvalue weighted by Crippen LogP contribution is -2.27. The van der Waals surface area contributed by atoms with Crippen LogP contribution in [0.2, 0.25) is 0 Å². The zero-order chi connectivity index (χ0) is 23.5. The lowest BCUT2D eigenvalue weighted by Gasteiger charge is -2.14. The largest absolute Gasteiger partial charge is 0.326 e. The second-order valence-corrected chi connectivity index (χ2v) is 8.01. The molecule has 0 saturated heterocycles. The third-order valence-electron chi connectivity index (χ3n) is 5.49.